The lowest BCUT2D eigenvalue weighted by atomic mass is 10.2. The first-order valence-corrected chi connectivity index (χ1v) is 6.34. The van der Waals surface area contributed by atoms with E-state index in [1.165, 1.54) is 0 Å². The summed E-state index contributed by atoms with van der Waals surface area (Å²) in [7, 11) is -0.735. The molecular weight excluding hydrogens is 208 g/mol. The third-order valence-corrected chi connectivity index (χ3v) is 3.28. The molecule has 0 fully saturated rings. The SMILES string of the molecule is CCS(=O)CCNc1cccc(C#N)c1. The molecule has 0 saturated carbocycles. The number of hydrogen-bond acceptors (Lipinski definition) is 3. The maximum atomic E-state index is 11.1. The Morgan fingerprint density at radius 2 is 2.33 bits per heavy atom. The summed E-state index contributed by atoms with van der Waals surface area (Å²) in [4.78, 5) is 0. The normalized spacial score (nSPS) is 11.7. The number of rotatable bonds is 5. The summed E-state index contributed by atoms with van der Waals surface area (Å²) in [6.45, 7) is 2.59. The van der Waals surface area contributed by atoms with Gasteiger partial charge in [-0.1, -0.05) is 13.0 Å². The fourth-order valence-corrected chi connectivity index (χ4v) is 1.77. The minimum atomic E-state index is -0.735. The van der Waals surface area contributed by atoms with Crippen LogP contribution >= 0.6 is 0 Å². The Balaban J connectivity index is 2.44. The highest BCUT2D eigenvalue weighted by atomic mass is 32.2. The molecule has 0 spiro atoms. The summed E-state index contributed by atoms with van der Waals surface area (Å²) < 4.78 is 11.1. The molecule has 0 radical (unpaired) electrons. The number of nitriles is 1. The average molecular weight is 222 g/mol. The van der Waals surface area contributed by atoms with E-state index in [1.54, 1.807) is 12.1 Å². The molecule has 15 heavy (non-hydrogen) atoms. The summed E-state index contributed by atoms with van der Waals surface area (Å²) in [6.07, 6.45) is 0. The molecule has 0 bridgehead atoms. The zero-order valence-electron chi connectivity index (χ0n) is 8.69. The fourth-order valence-electron chi connectivity index (χ4n) is 1.15. The quantitative estimate of drug-likeness (QED) is 0.825. The average Bonchev–Trinajstić information content (AvgIpc) is 2.29. The summed E-state index contributed by atoms with van der Waals surface area (Å²) in [5, 5.41) is 11.8. The van der Waals surface area contributed by atoms with E-state index in [0.717, 1.165) is 5.69 Å². The monoisotopic (exact) mass is 222 g/mol. The standard InChI is InChI=1S/C11H14N2OS/c1-2-15(14)7-6-13-11-5-3-4-10(8-11)9-12/h3-5,8,13H,2,6-7H2,1H3. The lowest BCUT2D eigenvalue weighted by Gasteiger charge is -2.05. The van der Waals surface area contributed by atoms with Gasteiger partial charge in [-0.05, 0) is 18.2 Å². The van der Waals surface area contributed by atoms with Crippen LogP contribution in [0.4, 0.5) is 5.69 Å². The molecule has 0 aliphatic heterocycles. The second kappa shape index (κ2) is 6.20. The lowest BCUT2D eigenvalue weighted by molar-refractivity contribution is 0.684. The molecule has 1 rings (SSSR count). The fraction of sp³-hybridized carbons (Fsp3) is 0.364. The molecule has 0 saturated heterocycles. The Kier molecular flexibility index (Phi) is 4.85. The van der Waals surface area contributed by atoms with Crippen molar-refractivity contribution >= 4 is 16.5 Å². The molecule has 1 N–H and O–H groups in total. The molecule has 1 aromatic carbocycles. The van der Waals surface area contributed by atoms with Crippen LogP contribution in [0.3, 0.4) is 0 Å². The topological polar surface area (TPSA) is 52.9 Å². The third-order valence-electron chi connectivity index (χ3n) is 1.97. The summed E-state index contributed by atoms with van der Waals surface area (Å²) in [5.41, 5.74) is 1.54. The molecule has 0 aliphatic carbocycles. The van der Waals surface area contributed by atoms with Gasteiger partial charge in [-0.2, -0.15) is 5.26 Å². The minimum Gasteiger partial charge on any atom is -0.384 e. The van der Waals surface area contributed by atoms with E-state index in [4.69, 9.17) is 5.26 Å². The maximum Gasteiger partial charge on any atom is 0.0992 e. The smallest absolute Gasteiger partial charge is 0.0992 e. The van der Waals surface area contributed by atoms with Gasteiger partial charge in [-0.25, -0.2) is 0 Å². The Labute approximate surface area is 92.6 Å². The molecule has 1 unspecified atom stereocenters. The Bertz CT molecular complexity index is 384. The van der Waals surface area contributed by atoms with Gasteiger partial charge in [0.05, 0.1) is 11.6 Å². The van der Waals surface area contributed by atoms with E-state index < -0.39 is 10.8 Å². The van der Waals surface area contributed by atoms with Crippen molar-refractivity contribution in [2.45, 2.75) is 6.92 Å². The molecule has 80 valence electrons. The Morgan fingerprint density at radius 1 is 1.53 bits per heavy atom. The van der Waals surface area contributed by atoms with Crippen LogP contribution < -0.4 is 5.32 Å². The molecular formula is C11H14N2OS. The first kappa shape index (κ1) is 11.7. The van der Waals surface area contributed by atoms with Crippen LogP contribution in [0.1, 0.15) is 12.5 Å². The molecule has 0 heterocycles. The molecule has 0 aliphatic rings. The van der Waals surface area contributed by atoms with Crippen LogP contribution in [-0.2, 0) is 10.8 Å². The maximum absolute atomic E-state index is 11.1. The lowest BCUT2D eigenvalue weighted by Crippen LogP contribution is -2.11. The van der Waals surface area contributed by atoms with E-state index in [9.17, 15) is 4.21 Å². The number of hydrogen-bond donors (Lipinski definition) is 1. The first-order valence-electron chi connectivity index (χ1n) is 4.85. The van der Waals surface area contributed by atoms with Crippen molar-refractivity contribution < 1.29 is 4.21 Å². The zero-order chi connectivity index (χ0) is 11.1. The predicted octanol–water partition coefficient (Wildman–Crippen LogP) is 1.74. The molecule has 4 heteroatoms. The van der Waals surface area contributed by atoms with Gasteiger partial charge in [0.25, 0.3) is 0 Å². The summed E-state index contributed by atoms with van der Waals surface area (Å²) >= 11 is 0. The van der Waals surface area contributed by atoms with Gasteiger partial charge in [0.15, 0.2) is 0 Å². The van der Waals surface area contributed by atoms with E-state index in [2.05, 4.69) is 11.4 Å². The second-order valence-corrected chi connectivity index (χ2v) is 4.92. The van der Waals surface area contributed by atoms with Crippen LogP contribution in [0.2, 0.25) is 0 Å². The number of benzene rings is 1. The highest BCUT2D eigenvalue weighted by molar-refractivity contribution is 7.84. The zero-order valence-corrected chi connectivity index (χ0v) is 9.51. The Hall–Kier alpha value is -1.34. The van der Waals surface area contributed by atoms with Gasteiger partial charge in [-0.15, -0.1) is 0 Å². The highest BCUT2D eigenvalue weighted by Gasteiger charge is 1.97. The van der Waals surface area contributed by atoms with Crippen LogP contribution in [0.25, 0.3) is 0 Å². The van der Waals surface area contributed by atoms with E-state index in [1.807, 2.05) is 19.1 Å². The van der Waals surface area contributed by atoms with Crippen molar-refractivity contribution in [3.63, 3.8) is 0 Å². The van der Waals surface area contributed by atoms with Gasteiger partial charge in [0, 0.05) is 34.5 Å². The van der Waals surface area contributed by atoms with Crippen LogP contribution in [0.5, 0.6) is 0 Å². The summed E-state index contributed by atoms with van der Waals surface area (Å²) in [6, 6.07) is 9.35. The predicted molar refractivity (Wildman–Crippen MR) is 63.2 cm³/mol. The Morgan fingerprint density at radius 3 is 3.00 bits per heavy atom. The van der Waals surface area contributed by atoms with E-state index in [0.29, 0.717) is 23.6 Å². The van der Waals surface area contributed by atoms with Crippen molar-refractivity contribution in [3.8, 4) is 6.07 Å². The first-order chi connectivity index (χ1) is 7.26. The number of nitrogens with one attached hydrogen (secondary N) is 1. The van der Waals surface area contributed by atoms with E-state index in [-0.39, 0.29) is 0 Å². The van der Waals surface area contributed by atoms with Crippen LogP contribution in [-0.4, -0.2) is 22.3 Å². The molecule has 3 nitrogen and oxygen atoms in total. The van der Waals surface area contributed by atoms with Crippen LogP contribution in [0.15, 0.2) is 24.3 Å². The van der Waals surface area contributed by atoms with Gasteiger partial charge >= 0.3 is 0 Å². The van der Waals surface area contributed by atoms with Gasteiger partial charge in [0.2, 0.25) is 0 Å². The molecule has 1 aromatic rings. The molecule has 0 amide bonds. The number of anilines is 1. The van der Waals surface area contributed by atoms with Gasteiger partial charge in [0.1, 0.15) is 0 Å². The van der Waals surface area contributed by atoms with E-state index >= 15 is 0 Å². The minimum absolute atomic E-state index is 0.636. The second-order valence-electron chi connectivity index (χ2n) is 3.05. The molecule has 1 atom stereocenters. The van der Waals surface area contributed by atoms with Crippen molar-refractivity contribution in [1.82, 2.24) is 0 Å². The van der Waals surface area contributed by atoms with Crippen LogP contribution in [0, 0.1) is 11.3 Å². The van der Waals surface area contributed by atoms with Crippen molar-refractivity contribution in [1.29, 1.82) is 5.26 Å². The largest absolute Gasteiger partial charge is 0.384 e. The third kappa shape index (κ3) is 4.13. The van der Waals surface area contributed by atoms with Crippen molar-refractivity contribution in [2.24, 2.45) is 0 Å². The highest BCUT2D eigenvalue weighted by Crippen LogP contribution is 2.08. The number of nitrogens with zero attached hydrogens (tertiary/aromatic N) is 1. The van der Waals surface area contributed by atoms with Gasteiger partial charge < -0.3 is 5.32 Å². The van der Waals surface area contributed by atoms with Crippen molar-refractivity contribution in [3.05, 3.63) is 29.8 Å². The summed E-state index contributed by atoms with van der Waals surface area (Å²) in [5.74, 6) is 1.34. The van der Waals surface area contributed by atoms with Crippen molar-refractivity contribution in [2.75, 3.05) is 23.4 Å². The molecule has 0 aromatic heterocycles. The van der Waals surface area contributed by atoms with Gasteiger partial charge in [-0.3, -0.25) is 4.21 Å².